The predicted octanol–water partition coefficient (Wildman–Crippen LogP) is 1.88. The second kappa shape index (κ2) is 5.41. The van der Waals surface area contributed by atoms with Gasteiger partial charge in [0.05, 0.1) is 17.7 Å². The first-order valence-corrected chi connectivity index (χ1v) is 6.66. The summed E-state index contributed by atoms with van der Waals surface area (Å²) >= 11 is 3.28. The number of likely N-dealkylation sites (N-methyl/N-ethyl adjacent to an activating group) is 1. The minimum Gasteiger partial charge on any atom is -0.372 e. The van der Waals surface area contributed by atoms with Gasteiger partial charge in [0, 0.05) is 11.0 Å². The molecule has 1 aromatic carbocycles. The third-order valence-corrected chi connectivity index (χ3v) is 3.49. The molecule has 5 nitrogen and oxygen atoms in total. The smallest absolute Gasteiger partial charge is 0.252 e. The number of nitriles is 1. The first-order chi connectivity index (χ1) is 9.06. The minimum absolute atomic E-state index is 0.133. The number of hydrogen-bond donors (Lipinski definition) is 1. The second-order valence-corrected chi connectivity index (χ2v) is 5.09. The molecule has 1 heterocycles. The van der Waals surface area contributed by atoms with E-state index in [4.69, 9.17) is 5.26 Å². The maximum atomic E-state index is 12.0. The molecule has 1 unspecified atom stereocenters. The quantitative estimate of drug-likeness (QED) is 0.863. The van der Waals surface area contributed by atoms with Crippen LogP contribution in [0.25, 0.3) is 0 Å². The van der Waals surface area contributed by atoms with Gasteiger partial charge >= 0.3 is 0 Å². The topological polar surface area (TPSA) is 73.2 Å². The zero-order chi connectivity index (χ0) is 14.0. The van der Waals surface area contributed by atoms with E-state index in [0.717, 1.165) is 4.47 Å². The number of benzene rings is 1. The van der Waals surface area contributed by atoms with Crippen LogP contribution in [0.15, 0.2) is 22.7 Å². The SMILES string of the molecule is CCN1C(=O)CC(Nc2ccc(Br)cc2C#N)C1=O. The molecule has 1 fully saturated rings. The molecule has 0 bridgehead atoms. The highest BCUT2D eigenvalue weighted by Crippen LogP contribution is 2.23. The van der Waals surface area contributed by atoms with Crippen LogP contribution in [0.3, 0.4) is 0 Å². The Hall–Kier alpha value is -1.87. The first kappa shape index (κ1) is 13.6. The third-order valence-electron chi connectivity index (χ3n) is 2.99. The lowest BCUT2D eigenvalue weighted by Crippen LogP contribution is -2.34. The molecule has 1 atom stereocenters. The van der Waals surface area contributed by atoms with Crippen molar-refractivity contribution in [2.75, 3.05) is 11.9 Å². The summed E-state index contributed by atoms with van der Waals surface area (Å²) < 4.78 is 0.790. The summed E-state index contributed by atoms with van der Waals surface area (Å²) in [5, 5.41) is 12.0. The predicted molar refractivity (Wildman–Crippen MR) is 73.3 cm³/mol. The molecule has 0 aromatic heterocycles. The monoisotopic (exact) mass is 321 g/mol. The normalized spacial score (nSPS) is 18.6. The number of halogens is 1. The maximum Gasteiger partial charge on any atom is 0.252 e. The molecule has 2 rings (SSSR count). The van der Waals surface area contributed by atoms with Crippen LogP contribution in [-0.4, -0.2) is 29.3 Å². The van der Waals surface area contributed by atoms with Crippen molar-refractivity contribution in [2.24, 2.45) is 0 Å². The molecule has 19 heavy (non-hydrogen) atoms. The van der Waals surface area contributed by atoms with Crippen LogP contribution < -0.4 is 5.32 Å². The molecule has 0 aliphatic carbocycles. The Morgan fingerprint density at radius 2 is 2.26 bits per heavy atom. The number of rotatable bonds is 3. The molecule has 1 aliphatic heterocycles. The van der Waals surface area contributed by atoms with Crippen molar-refractivity contribution in [3.05, 3.63) is 28.2 Å². The number of anilines is 1. The van der Waals surface area contributed by atoms with Crippen molar-refractivity contribution >= 4 is 33.4 Å². The van der Waals surface area contributed by atoms with Gasteiger partial charge in [0.2, 0.25) is 5.91 Å². The van der Waals surface area contributed by atoms with Crippen LogP contribution in [0, 0.1) is 11.3 Å². The number of likely N-dealkylation sites (tertiary alicyclic amines) is 1. The summed E-state index contributed by atoms with van der Waals surface area (Å²) in [6, 6.07) is 6.64. The number of hydrogen-bond acceptors (Lipinski definition) is 4. The van der Waals surface area contributed by atoms with Gasteiger partial charge in [-0.1, -0.05) is 15.9 Å². The highest BCUT2D eigenvalue weighted by Gasteiger charge is 2.37. The van der Waals surface area contributed by atoms with Crippen molar-refractivity contribution in [3.63, 3.8) is 0 Å². The van der Waals surface area contributed by atoms with Gasteiger partial charge in [-0.05, 0) is 25.1 Å². The van der Waals surface area contributed by atoms with Crippen molar-refractivity contribution in [2.45, 2.75) is 19.4 Å². The van der Waals surface area contributed by atoms with Gasteiger partial charge in [0.15, 0.2) is 0 Å². The van der Waals surface area contributed by atoms with E-state index < -0.39 is 6.04 Å². The van der Waals surface area contributed by atoms with Crippen molar-refractivity contribution < 1.29 is 9.59 Å². The molecule has 0 saturated carbocycles. The van der Waals surface area contributed by atoms with E-state index in [9.17, 15) is 9.59 Å². The lowest BCUT2D eigenvalue weighted by molar-refractivity contribution is -0.138. The Bertz CT molecular complexity index is 580. The molecule has 0 spiro atoms. The fourth-order valence-corrected chi connectivity index (χ4v) is 2.41. The van der Waals surface area contributed by atoms with Crippen LogP contribution in [0.1, 0.15) is 18.9 Å². The molecular formula is C13H12BrN3O2. The van der Waals surface area contributed by atoms with Gasteiger partial charge < -0.3 is 5.32 Å². The highest BCUT2D eigenvalue weighted by molar-refractivity contribution is 9.10. The van der Waals surface area contributed by atoms with Crippen LogP contribution in [-0.2, 0) is 9.59 Å². The minimum atomic E-state index is -0.583. The van der Waals surface area contributed by atoms with Crippen molar-refractivity contribution in [3.8, 4) is 6.07 Å². The van der Waals surface area contributed by atoms with E-state index in [1.807, 2.05) is 0 Å². The fraction of sp³-hybridized carbons (Fsp3) is 0.308. The standard InChI is InChI=1S/C13H12BrN3O2/c1-2-17-12(18)6-11(13(17)19)16-10-4-3-9(14)5-8(10)7-15/h3-5,11,16H,2,6H2,1H3. The summed E-state index contributed by atoms with van der Waals surface area (Å²) in [4.78, 5) is 24.8. The Kier molecular flexibility index (Phi) is 3.86. The average Bonchev–Trinajstić information content (AvgIpc) is 2.66. The fourth-order valence-electron chi connectivity index (χ4n) is 2.05. The van der Waals surface area contributed by atoms with Crippen LogP contribution in [0.4, 0.5) is 5.69 Å². The van der Waals surface area contributed by atoms with Crippen LogP contribution >= 0.6 is 15.9 Å². The van der Waals surface area contributed by atoms with Crippen molar-refractivity contribution in [1.29, 1.82) is 5.26 Å². The highest BCUT2D eigenvalue weighted by atomic mass is 79.9. The van der Waals surface area contributed by atoms with Gasteiger partial charge in [-0.3, -0.25) is 14.5 Å². The van der Waals surface area contributed by atoms with Gasteiger partial charge in [-0.25, -0.2) is 0 Å². The van der Waals surface area contributed by atoms with Crippen LogP contribution in [0.2, 0.25) is 0 Å². The van der Waals surface area contributed by atoms with E-state index in [1.54, 1.807) is 25.1 Å². The summed E-state index contributed by atoms with van der Waals surface area (Å²) in [6.07, 6.45) is 0.133. The molecular weight excluding hydrogens is 310 g/mol. The van der Waals surface area contributed by atoms with E-state index in [0.29, 0.717) is 17.8 Å². The Morgan fingerprint density at radius 3 is 2.84 bits per heavy atom. The molecule has 1 N–H and O–H groups in total. The van der Waals surface area contributed by atoms with E-state index in [2.05, 4.69) is 27.3 Å². The third kappa shape index (κ3) is 2.61. The van der Waals surface area contributed by atoms with Crippen molar-refractivity contribution in [1.82, 2.24) is 4.90 Å². The molecule has 98 valence electrons. The lowest BCUT2D eigenvalue weighted by atomic mass is 10.1. The Morgan fingerprint density at radius 1 is 1.53 bits per heavy atom. The summed E-state index contributed by atoms with van der Waals surface area (Å²) in [7, 11) is 0. The molecule has 6 heteroatoms. The zero-order valence-electron chi connectivity index (χ0n) is 10.3. The number of carbonyl (C=O) groups is 2. The number of imide groups is 1. The van der Waals surface area contributed by atoms with Crippen LogP contribution in [0.5, 0.6) is 0 Å². The molecule has 1 saturated heterocycles. The Balaban J connectivity index is 2.22. The molecule has 0 radical (unpaired) electrons. The molecule has 1 aliphatic rings. The molecule has 1 aromatic rings. The zero-order valence-corrected chi connectivity index (χ0v) is 11.9. The summed E-state index contributed by atoms with van der Waals surface area (Å²) in [5.41, 5.74) is 0.999. The first-order valence-electron chi connectivity index (χ1n) is 5.87. The van der Waals surface area contributed by atoms with E-state index >= 15 is 0 Å². The summed E-state index contributed by atoms with van der Waals surface area (Å²) in [6.45, 7) is 2.14. The summed E-state index contributed by atoms with van der Waals surface area (Å²) in [5.74, 6) is -0.417. The van der Waals surface area contributed by atoms with Gasteiger partial charge in [0.1, 0.15) is 12.1 Å². The van der Waals surface area contributed by atoms with E-state index in [-0.39, 0.29) is 18.2 Å². The second-order valence-electron chi connectivity index (χ2n) is 4.18. The Labute approximate surface area is 119 Å². The number of nitrogens with zero attached hydrogens (tertiary/aromatic N) is 2. The molecule has 2 amide bonds. The number of nitrogens with one attached hydrogen (secondary N) is 1. The average molecular weight is 322 g/mol. The van der Waals surface area contributed by atoms with Gasteiger partial charge in [-0.15, -0.1) is 0 Å². The number of carbonyl (C=O) groups excluding carboxylic acids is 2. The van der Waals surface area contributed by atoms with E-state index in [1.165, 1.54) is 4.90 Å². The van der Waals surface area contributed by atoms with Gasteiger partial charge in [0.25, 0.3) is 5.91 Å². The number of amides is 2. The van der Waals surface area contributed by atoms with Gasteiger partial charge in [-0.2, -0.15) is 5.26 Å². The maximum absolute atomic E-state index is 12.0. The lowest BCUT2D eigenvalue weighted by Gasteiger charge is -2.15. The largest absolute Gasteiger partial charge is 0.372 e.